The van der Waals surface area contributed by atoms with Gasteiger partial charge in [0.2, 0.25) is 0 Å². The molecule has 0 bridgehead atoms. The minimum Gasteiger partial charge on any atom is -0.477 e. The van der Waals surface area contributed by atoms with Crippen LogP contribution in [0.2, 0.25) is 0 Å². The molecular formula is C13H16N2O3. The number of carboxylic acid groups (broad SMARTS) is 1. The fraction of sp³-hybridized carbons (Fsp3) is 0.308. The van der Waals surface area contributed by atoms with E-state index in [1.54, 1.807) is 11.0 Å². The van der Waals surface area contributed by atoms with E-state index in [0.29, 0.717) is 18.7 Å². The SMILES string of the molecule is C=CCN(CCC)C(=O)c1ccnc(C(=O)O)c1. The van der Waals surface area contributed by atoms with Gasteiger partial charge in [0.15, 0.2) is 0 Å². The molecule has 1 rings (SSSR count). The van der Waals surface area contributed by atoms with E-state index in [1.165, 1.54) is 18.3 Å². The molecule has 0 aliphatic carbocycles. The average Bonchev–Trinajstić information content (AvgIpc) is 2.38. The third kappa shape index (κ3) is 3.41. The predicted octanol–water partition coefficient (Wildman–Crippen LogP) is 1.82. The van der Waals surface area contributed by atoms with Crippen LogP contribution in [0.3, 0.4) is 0 Å². The van der Waals surface area contributed by atoms with E-state index in [-0.39, 0.29) is 11.6 Å². The van der Waals surface area contributed by atoms with Crippen LogP contribution in [-0.2, 0) is 0 Å². The highest BCUT2D eigenvalue weighted by molar-refractivity contribution is 5.96. The fourth-order valence-corrected chi connectivity index (χ4v) is 1.56. The molecule has 1 N–H and O–H groups in total. The molecule has 0 atom stereocenters. The number of carboxylic acids is 1. The maximum atomic E-state index is 12.2. The number of nitrogens with zero attached hydrogens (tertiary/aromatic N) is 2. The maximum Gasteiger partial charge on any atom is 0.354 e. The van der Waals surface area contributed by atoms with E-state index < -0.39 is 5.97 Å². The number of hydrogen-bond acceptors (Lipinski definition) is 3. The Bertz CT molecular complexity index is 457. The molecule has 0 saturated heterocycles. The molecule has 0 aliphatic heterocycles. The van der Waals surface area contributed by atoms with Crippen LogP contribution in [0.25, 0.3) is 0 Å². The molecule has 96 valence electrons. The Morgan fingerprint density at radius 1 is 1.56 bits per heavy atom. The number of pyridine rings is 1. The average molecular weight is 248 g/mol. The van der Waals surface area contributed by atoms with Crippen molar-refractivity contribution in [3.63, 3.8) is 0 Å². The number of rotatable bonds is 6. The molecule has 0 saturated carbocycles. The van der Waals surface area contributed by atoms with Gasteiger partial charge in [-0.05, 0) is 18.6 Å². The molecule has 5 nitrogen and oxygen atoms in total. The monoisotopic (exact) mass is 248 g/mol. The van der Waals surface area contributed by atoms with Gasteiger partial charge in [-0.1, -0.05) is 13.0 Å². The first-order valence-corrected chi connectivity index (χ1v) is 5.69. The van der Waals surface area contributed by atoms with E-state index in [4.69, 9.17) is 5.11 Å². The number of aromatic carboxylic acids is 1. The van der Waals surface area contributed by atoms with Gasteiger partial charge in [-0.3, -0.25) is 4.79 Å². The Morgan fingerprint density at radius 3 is 2.83 bits per heavy atom. The lowest BCUT2D eigenvalue weighted by Crippen LogP contribution is -2.32. The maximum absolute atomic E-state index is 12.2. The highest BCUT2D eigenvalue weighted by Gasteiger charge is 2.15. The molecule has 0 aliphatic rings. The number of carbonyl (C=O) groups excluding carboxylic acids is 1. The lowest BCUT2D eigenvalue weighted by atomic mass is 10.2. The molecule has 1 aromatic heterocycles. The summed E-state index contributed by atoms with van der Waals surface area (Å²) in [5.74, 6) is -1.35. The van der Waals surface area contributed by atoms with E-state index in [9.17, 15) is 9.59 Å². The van der Waals surface area contributed by atoms with Crippen molar-refractivity contribution in [2.75, 3.05) is 13.1 Å². The topological polar surface area (TPSA) is 70.5 Å². The van der Waals surface area contributed by atoms with Crippen molar-refractivity contribution in [2.24, 2.45) is 0 Å². The second-order valence-corrected chi connectivity index (χ2v) is 3.77. The van der Waals surface area contributed by atoms with Gasteiger partial charge in [-0.15, -0.1) is 6.58 Å². The van der Waals surface area contributed by atoms with Crippen LogP contribution in [0.15, 0.2) is 31.0 Å². The quantitative estimate of drug-likeness (QED) is 0.779. The summed E-state index contributed by atoms with van der Waals surface area (Å²) in [4.78, 5) is 28.3. The van der Waals surface area contributed by atoms with Gasteiger partial charge in [0.05, 0.1) is 0 Å². The number of aromatic nitrogens is 1. The largest absolute Gasteiger partial charge is 0.477 e. The van der Waals surface area contributed by atoms with Crippen LogP contribution in [0, 0.1) is 0 Å². The molecule has 1 heterocycles. The fourth-order valence-electron chi connectivity index (χ4n) is 1.56. The van der Waals surface area contributed by atoms with Crippen molar-refractivity contribution in [3.05, 3.63) is 42.2 Å². The lowest BCUT2D eigenvalue weighted by Gasteiger charge is -2.20. The Morgan fingerprint density at radius 2 is 2.28 bits per heavy atom. The second-order valence-electron chi connectivity index (χ2n) is 3.77. The first kappa shape index (κ1) is 13.9. The van der Waals surface area contributed by atoms with Gasteiger partial charge in [-0.25, -0.2) is 9.78 Å². The molecular weight excluding hydrogens is 232 g/mol. The zero-order chi connectivity index (χ0) is 13.5. The zero-order valence-corrected chi connectivity index (χ0v) is 10.3. The molecule has 1 amide bonds. The Labute approximate surface area is 106 Å². The van der Waals surface area contributed by atoms with Gasteiger partial charge in [0.25, 0.3) is 5.91 Å². The molecule has 0 radical (unpaired) electrons. The van der Waals surface area contributed by atoms with Gasteiger partial charge in [0, 0.05) is 24.8 Å². The van der Waals surface area contributed by atoms with Crippen molar-refractivity contribution < 1.29 is 14.7 Å². The highest BCUT2D eigenvalue weighted by atomic mass is 16.4. The van der Waals surface area contributed by atoms with Gasteiger partial charge in [-0.2, -0.15) is 0 Å². The first-order valence-electron chi connectivity index (χ1n) is 5.69. The van der Waals surface area contributed by atoms with Gasteiger partial charge < -0.3 is 10.0 Å². The summed E-state index contributed by atoms with van der Waals surface area (Å²) < 4.78 is 0. The summed E-state index contributed by atoms with van der Waals surface area (Å²) in [5.41, 5.74) is 0.202. The molecule has 0 spiro atoms. The number of amides is 1. The summed E-state index contributed by atoms with van der Waals surface area (Å²) in [5, 5.41) is 8.83. The normalized spacial score (nSPS) is 9.83. The van der Waals surface area contributed by atoms with E-state index >= 15 is 0 Å². The molecule has 1 aromatic rings. The van der Waals surface area contributed by atoms with Gasteiger partial charge >= 0.3 is 5.97 Å². The molecule has 0 unspecified atom stereocenters. The molecule has 0 fully saturated rings. The van der Waals surface area contributed by atoms with Crippen LogP contribution in [0.1, 0.15) is 34.2 Å². The van der Waals surface area contributed by atoms with Gasteiger partial charge in [0.1, 0.15) is 5.69 Å². The van der Waals surface area contributed by atoms with Crippen molar-refractivity contribution in [1.82, 2.24) is 9.88 Å². The van der Waals surface area contributed by atoms with Crippen LogP contribution in [0.5, 0.6) is 0 Å². The first-order chi connectivity index (χ1) is 8.60. The summed E-state index contributed by atoms with van der Waals surface area (Å²) in [6, 6.07) is 2.80. The molecule has 18 heavy (non-hydrogen) atoms. The predicted molar refractivity (Wildman–Crippen MR) is 67.6 cm³/mol. The Balaban J connectivity index is 2.96. The third-order valence-electron chi connectivity index (χ3n) is 2.36. The zero-order valence-electron chi connectivity index (χ0n) is 10.3. The third-order valence-corrected chi connectivity index (χ3v) is 2.36. The van der Waals surface area contributed by atoms with Crippen LogP contribution in [-0.4, -0.2) is 40.0 Å². The van der Waals surface area contributed by atoms with Crippen molar-refractivity contribution >= 4 is 11.9 Å². The van der Waals surface area contributed by atoms with Crippen molar-refractivity contribution in [1.29, 1.82) is 0 Å². The number of carbonyl (C=O) groups is 2. The summed E-state index contributed by atoms with van der Waals surface area (Å²) in [6.07, 6.45) is 3.80. The standard InChI is InChI=1S/C13H16N2O3/c1-3-7-15(8-4-2)12(16)10-5-6-14-11(9-10)13(17)18/h3,5-6,9H,1,4,7-8H2,2H3,(H,17,18). The Hall–Kier alpha value is -2.17. The van der Waals surface area contributed by atoms with E-state index in [0.717, 1.165) is 6.42 Å². The van der Waals surface area contributed by atoms with E-state index in [2.05, 4.69) is 11.6 Å². The van der Waals surface area contributed by atoms with E-state index in [1.807, 2.05) is 6.92 Å². The smallest absolute Gasteiger partial charge is 0.354 e. The summed E-state index contributed by atoms with van der Waals surface area (Å²) >= 11 is 0. The Kier molecular flexibility index (Phi) is 5.05. The number of hydrogen-bond donors (Lipinski definition) is 1. The summed E-state index contributed by atoms with van der Waals surface area (Å²) in [7, 11) is 0. The highest BCUT2D eigenvalue weighted by Crippen LogP contribution is 2.07. The van der Waals surface area contributed by atoms with Crippen LogP contribution in [0.4, 0.5) is 0 Å². The minimum atomic E-state index is -1.14. The molecule has 5 heteroatoms. The summed E-state index contributed by atoms with van der Waals surface area (Å²) in [6.45, 7) is 6.62. The van der Waals surface area contributed by atoms with Crippen molar-refractivity contribution in [3.8, 4) is 0 Å². The molecule has 0 aromatic carbocycles. The van der Waals surface area contributed by atoms with Crippen LogP contribution < -0.4 is 0 Å². The lowest BCUT2D eigenvalue weighted by molar-refractivity contribution is 0.0690. The van der Waals surface area contributed by atoms with Crippen molar-refractivity contribution in [2.45, 2.75) is 13.3 Å². The minimum absolute atomic E-state index is 0.129. The second kappa shape index (κ2) is 6.54. The van der Waals surface area contributed by atoms with Crippen LogP contribution >= 0.6 is 0 Å².